The monoisotopic (exact) mass is 236 g/mol. The molecule has 0 unspecified atom stereocenters. The third-order valence-electron chi connectivity index (χ3n) is 1.80. The Hall–Kier alpha value is -2.35. The summed E-state index contributed by atoms with van der Waals surface area (Å²) in [5, 5.41) is 9.14. The Balaban J connectivity index is 3.04. The van der Waals surface area contributed by atoms with Gasteiger partial charge in [-0.2, -0.15) is 0 Å². The Labute approximate surface area is 97.0 Å². The molecule has 0 saturated heterocycles. The number of carbonyl (C=O) groups excluding carboxylic acids is 2. The molecule has 1 aromatic carbocycles. The van der Waals surface area contributed by atoms with E-state index in [9.17, 15) is 14.0 Å². The summed E-state index contributed by atoms with van der Waals surface area (Å²) >= 11 is 0. The molecule has 0 fully saturated rings. The average molecular weight is 236 g/mol. The molecule has 0 saturated carbocycles. The maximum atomic E-state index is 13.1. The molecular formula is C12H9FO4. The SMILES string of the molecule is CCOC(=O)C#Cc1cc(F)c(O)c(C=O)c1. The fraction of sp³-hybridized carbons (Fsp3) is 0.167. The van der Waals surface area contributed by atoms with E-state index in [4.69, 9.17) is 5.11 Å². The van der Waals surface area contributed by atoms with E-state index >= 15 is 0 Å². The number of benzene rings is 1. The van der Waals surface area contributed by atoms with Crippen LogP contribution in [0, 0.1) is 17.7 Å². The van der Waals surface area contributed by atoms with E-state index in [1.54, 1.807) is 6.92 Å². The van der Waals surface area contributed by atoms with Crippen LogP contribution in [0.3, 0.4) is 0 Å². The molecule has 0 atom stereocenters. The molecule has 17 heavy (non-hydrogen) atoms. The van der Waals surface area contributed by atoms with Gasteiger partial charge in [0, 0.05) is 11.5 Å². The van der Waals surface area contributed by atoms with Gasteiger partial charge in [0.25, 0.3) is 0 Å². The zero-order chi connectivity index (χ0) is 12.8. The Morgan fingerprint density at radius 2 is 2.29 bits per heavy atom. The Morgan fingerprint density at radius 3 is 2.88 bits per heavy atom. The maximum Gasteiger partial charge on any atom is 0.384 e. The lowest BCUT2D eigenvalue weighted by molar-refractivity contribution is -0.136. The Kier molecular flexibility index (Phi) is 4.23. The molecule has 0 bridgehead atoms. The molecule has 1 aromatic rings. The topological polar surface area (TPSA) is 63.6 Å². The van der Waals surface area contributed by atoms with Gasteiger partial charge in [0.05, 0.1) is 12.2 Å². The number of carbonyl (C=O) groups is 2. The zero-order valence-corrected chi connectivity index (χ0v) is 8.99. The minimum atomic E-state index is -0.970. The van der Waals surface area contributed by atoms with Gasteiger partial charge < -0.3 is 9.84 Å². The number of phenolic OH excluding ortho intramolecular Hbond substituents is 1. The maximum absolute atomic E-state index is 13.1. The lowest BCUT2D eigenvalue weighted by Crippen LogP contribution is -1.99. The second-order valence-corrected chi connectivity index (χ2v) is 2.98. The quantitative estimate of drug-likeness (QED) is 0.477. The van der Waals surface area contributed by atoms with E-state index in [0.29, 0.717) is 6.29 Å². The van der Waals surface area contributed by atoms with Crippen LogP contribution in [0.1, 0.15) is 22.8 Å². The van der Waals surface area contributed by atoms with Gasteiger partial charge in [0.15, 0.2) is 17.9 Å². The second kappa shape index (κ2) is 5.66. The molecule has 0 aliphatic rings. The van der Waals surface area contributed by atoms with Crippen LogP contribution in [-0.2, 0) is 9.53 Å². The largest absolute Gasteiger partial charge is 0.504 e. The molecule has 0 heterocycles. The van der Waals surface area contributed by atoms with Crippen LogP contribution in [0.5, 0.6) is 5.75 Å². The first-order valence-corrected chi connectivity index (χ1v) is 4.75. The predicted molar refractivity (Wildman–Crippen MR) is 57.0 cm³/mol. The van der Waals surface area contributed by atoms with Crippen LogP contribution in [0.25, 0.3) is 0 Å². The first-order valence-electron chi connectivity index (χ1n) is 4.75. The van der Waals surface area contributed by atoms with Crippen molar-refractivity contribution in [2.75, 3.05) is 6.61 Å². The number of aldehydes is 1. The second-order valence-electron chi connectivity index (χ2n) is 2.98. The van der Waals surface area contributed by atoms with Gasteiger partial charge in [-0.1, -0.05) is 5.92 Å². The van der Waals surface area contributed by atoms with Crippen molar-refractivity contribution in [2.24, 2.45) is 0 Å². The average Bonchev–Trinajstić information content (AvgIpc) is 2.31. The highest BCUT2D eigenvalue weighted by Gasteiger charge is 2.08. The van der Waals surface area contributed by atoms with Crippen LogP contribution in [-0.4, -0.2) is 24.0 Å². The smallest absolute Gasteiger partial charge is 0.384 e. The standard InChI is InChI=1S/C12H9FO4/c1-2-17-11(15)4-3-8-5-9(7-14)12(16)10(13)6-8/h5-7,16H,2H2,1H3. The predicted octanol–water partition coefficient (Wildman–Crippen LogP) is 1.26. The summed E-state index contributed by atoms with van der Waals surface area (Å²) < 4.78 is 17.7. The number of aromatic hydroxyl groups is 1. The molecule has 0 amide bonds. The van der Waals surface area contributed by atoms with Crippen molar-refractivity contribution >= 4 is 12.3 Å². The van der Waals surface area contributed by atoms with Gasteiger partial charge in [-0.3, -0.25) is 4.79 Å². The number of rotatable bonds is 2. The first kappa shape index (κ1) is 12.7. The molecule has 4 nitrogen and oxygen atoms in total. The molecule has 88 valence electrons. The van der Waals surface area contributed by atoms with Crippen LogP contribution in [0.15, 0.2) is 12.1 Å². The van der Waals surface area contributed by atoms with Crippen LogP contribution < -0.4 is 0 Å². The van der Waals surface area contributed by atoms with E-state index in [1.807, 2.05) is 0 Å². The van der Waals surface area contributed by atoms with Gasteiger partial charge >= 0.3 is 5.97 Å². The summed E-state index contributed by atoms with van der Waals surface area (Å²) in [4.78, 5) is 21.4. The number of phenols is 1. The summed E-state index contributed by atoms with van der Waals surface area (Å²) in [7, 11) is 0. The minimum Gasteiger partial charge on any atom is -0.504 e. The number of hydrogen-bond acceptors (Lipinski definition) is 4. The van der Waals surface area contributed by atoms with Crippen LogP contribution in [0.2, 0.25) is 0 Å². The van der Waals surface area contributed by atoms with Crippen molar-refractivity contribution in [3.63, 3.8) is 0 Å². The van der Waals surface area contributed by atoms with Crippen molar-refractivity contribution in [3.05, 3.63) is 29.1 Å². The Morgan fingerprint density at radius 1 is 1.59 bits per heavy atom. The first-order chi connectivity index (χ1) is 8.08. The lowest BCUT2D eigenvalue weighted by atomic mass is 10.1. The van der Waals surface area contributed by atoms with Gasteiger partial charge in [-0.05, 0) is 19.1 Å². The van der Waals surface area contributed by atoms with Gasteiger partial charge in [-0.15, -0.1) is 0 Å². The van der Waals surface area contributed by atoms with E-state index in [1.165, 1.54) is 6.07 Å². The summed E-state index contributed by atoms with van der Waals surface area (Å²) in [6.07, 6.45) is 0.300. The highest BCUT2D eigenvalue weighted by Crippen LogP contribution is 2.21. The summed E-state index contributed by atoms with van der Waals surface area (Å²) in [6.45, 7) is 1.82. The van der Waals surface area contributed by atoms with Crippen molar-refractivity contribution in [1.29, 1.82) is 0 Å². The zero-order valence-electron chi connectivity index (χ0n) is 8.99. The highest BCUT2D eigenvalue weighted by molar-refractivity contribution is 5.89. The summed E-state index contributed by atoms with van der Waals surface area (Å²) in [5.41, 5.74) is -0.117. The molecule has 1 N–H and O–H groups in total. The molecule has 0 radical (unpaired) electrons. The van der Waals surface area contributed by atoms with E-state index < -0.39 is 17.5 Å². The van der Waals surface area contributed by atoms with Crippen molar-refractivity contribution in [3.8, 4) is 17.6 Å². The van der Waals surface area contributed by atoms with Crippen LogP contribution >= 0.6 is 0 Å². The third-order valence-corrected chi connectivity index (χ3v) is 1.80. The molecule has 0 aliphatic heterocycles. The normalized spacial score (nSPS) is 9.06. The molecule has 0 aliphatic carbocycles. The van der Waals surface area contributed by atoms with Gasteiger partial charge in [-0.25, -0.2) is 9.18 Å². The fourth-order valence-electron chi connectivity index (χ4n) is 1.07. The molecule has 0 spiro atoms. The van der Waals surface area contributed by atoms with Crippen LogP contribution in [0.4, 0.5) is 4.39 Å². The minimum absolute atomic E-state index is 0.107. The Bertz CT molecular complexity index is 511. The molecule has 5 heteroatoms. The van der Waals surface area contributed by atoms with Crippen molar-refractivity contribution in [2.45, 2.75) is 6.92 Å². The summed E-state index contributed by atoms with van der Waals surface area (Å²) in [6, 6.07) is 2.10. The van der Waals surface area contributed by atoms with Crippen molar-refractivity contribution in [1.82, 2.24) is 0 Å². The lowest BCUT2D eigenvalue weighted by Gasteiger charge is -1.99. The fourth-order valence-corrected chi connectivity index (χ4v) is 1.07. The van der Waals surface area contributed by atoms with Gasteiger partial charge in [0.1, 0.15) is 0 Å². The molecule has 1 rings (SSSR count). The highest BCUT2D eigenvalue weighted by atomic mass is 19.1. The van der Waals surface area contributed by atoms with Gasteiger partial charge in [0.2, 0.25) is 0 Å². The number of halogens is 1. The molecule has 0 aromatic heterocycles. The number of ether oxygens (including phenoxy) is 1. The van der Waals surface area contributed by atoms with E-state index in [2.05, 4.69) is 16.6 Å². The van der Waals surface area contributed by atoms with E-state index in [0.717, 1.165) is 6.07 Å². The molecular weight excluding hydrogens is 227 g/mol. The number of esters is 1. The summed E-state index contributed by atoms with van der Waals surface area (Å²) in [5.74, 6) is 2.01. The van der Waals surface area contributed by atoms with Crippen molar-refractivity contribution < 1.29 is 23.8 Å². The van der Waals surface area contributed by atoms with E-state index in [-0.39, 0.29) is 17.7 Å². The number of hydrogen-bond donors (Lipinski definition) is 1. The third kappa shape index (κ3) is 3.31.